The lowest BCUT2D eigenvalue weighted by Crippen LogP contribution is -2.19. The van der Waals surface area contributed by atoms with Gasteiger partial charge < -0.3 is 10.8 Å². The Morgan fingerprint density at radius 2 is 1.55 bits per heavy atom. The molecule has 2 N–H and O–H groups in total. The van der Waals surface area contributed by atoms with Gasteiger partial charge in [-0.15, -0.1) is 0 Å². The first kappa shape index (κ1) is 10.3. The fourth-order valence-corrected chi connectivity index (χ4v) is 0.867. The Kier molecular flexibility index (Phi) is 4.01. The summed E-state index contributed by atoms with van der Waals surface area (Å²) < 4.78 is 0. The van der Waals surface area contributed by atoms with E-state index in [1.807, 2.05) is 13.8 Å². The highest BCUT2D eigenvalue weighted by molar-refractivity contribution is 6.40. The topological polar surface area (TPSA) is 47.7 Å². The average molecular weight is 154 g/mol. The van der Waals surface area contributed by atoms with E-state index in [0.29, 0.717) is 17.3 Å². The second kappa shape index (κ2) is 4.27. The van der Waals surface area contributed by atoms with Gasteiger partial charge in [0.1, 0.15) is 0 Å². The molecule has 11 heavy (non-hydrogen) atoms. The van der Waals surface area contributed by atoms with Gasteiger partial charge in [0, 0.05) is 0 Å². The van der Waals surface area contributed by atoms with Gasteiger partial charge in [-0.1, -0.05) is 27.7 Å². The summed E-state index contributed by atoms with van der Waals surface area (Å²) in [5.74, 6) is 0.683. The van der Waals surface area contributed by atoms with E-state index in [1.54, 1.807) is 0 Å². The van der Waals surface area contributed by atoms with Crippen molar-refractivity contribution in [2.24, 2.45) is 11.8 Å². The van der Waals surface area contributed by atoms with Crippen LogP contribution in [-0.2, 0) is 0 Å². The van der Waals surface area contributed by atoms with Crippen molar-refractivity contribution >= 4 is 11.4 Å². The molecule has 0 aliphatic rings. The molecule has 0 radical (unpaired) electrons. The second-order valence-electron chi connectivity index (χ2n) is 3.64. The molecule has 64 valence electrons. The third-order valence-corrected chi connectivity index (χ3v) is 1.51. The molecule has 0 aliphatic carbocycles. The Morgan fingerprint density at radius 3 is 1.82 bits per heavy atom. The van der Waals surface area contributed by atoms with E-state index in [9.17, 15) is 0 Å². The molecule has 2 heteroatoms. The highest BCUT2D eigenvalue weighted by atomic mass is 14.5. The van der Waals surface area contributed by atoms with Crippen LogP contribution in [0.15, 0.2) is 0 Å². The fourth-order valence-electron chi connectivity index (χ4n) is 0.867. The molecular weight excluding hydrogens is 136 g/mol. The van der Waals surface area contributed by atoms with Crippen LogP contribution in [0.5, 0.6) is 0 Å². The van der Waals surface area contributed by atoms with Crippen LogP contribution in [0.25, 0.3) is 0 Å². The molecule has 0 unspecified atom stereocenters. The van der Waals surface area contributed by atoms with Gasteiger partial charge in [-0.25, -0.2) is 0 Å². The quantitative estimate of drug-likeness (QED) is 0.585. The molecule has 0 saturated heterocycles. The van der Waals surface area contributed by atoms with Crippen molar-refractivity contribution in [3.8, 4) is 0 Å². The molecule has 0 aromatic heterocycles. The van der Waals surface area contributed by atoms with Crippen molar-refractivity contribution in [2.75, 3.05) is 0 Å². The maximum absolute atomic E-state index is 7.53. The summed E-state index contributed by atoms with van der Waals surface area (Å²) in [6, 6.07) is 0. The van der Waals surface area contributed by atoms with Crippen LogP contribution in [0.3, 0.4) is 0 Å². The third kappa shape index (κ3) is 3.91. The van der Waals surface area contributed by atoms with Crippen molar-refractivity contribution in [1.29, 1.82) is 10.8 Å². The minimum absolute atomic E-state index is 0.196. The summed E-state index contributed by atoms with van der Waals surface area (Å²) >= 11 is 0. The summed E-state index contributed by atoms with van der Waals surface area (Å²) in [5, 5.41) is 15.0. The first-order chi connectivity index (χ1) is 4.95. The van der Waals surface area contributed by atoms with Crippen molar-refractivity contribution < 1.29 is 0 Å². The van der Waals surface area contributed by atoms with Gasteiger partial charge in [-0.2, -0.15) is 0 Å². The predicted molar refractivity (Wildman–Crippen MR) is 49.7 cm³/mol. The molecule has 0 bridgehead atoms. The minimum Gasteiger partial charge on any atom is -0.303 e. The van der Waals surface area contributed by atoms with E-state index in [0.717, 1.165) is 6.42 Å². The van der Waals surface area contributed by atoms with Crippen molar-refractivity contribution in [3.63, 3.8) is 0 Å². The zero-order chi connectivity index (χ0) is 9.02. The van der Waals surface area contributed by atoms with Crippen LogP contribution in [0.2, 0.25) is 0 Å². The lowest BCUT2D eigenvalue weighted by molar-refractivity contribution is 0.683. The molecule has 0 rings (SSSR count). The standard InChI is InChI=1S/C9H18N2/c1-6(2)5-8(10)9(11)7(3)4/h6-7,10-11H,5H2,1-4H3. The fraction of sp³-hybridized carbons (Fsp3) is 0.778. The largest absolute Gasteiger partial charge is 0.303 e. The Hall–Kier alpha value is -0.660. The Morgan fingerprint density at radius 1 is 1.09 bits per heavy atom. The van der Waals surface area contributed by atoms with Gasteiger partial charge >= 0.3 is 0 Å². The lowest BCUT2D eigenvalue weighted by atomic mass is 9.97. The van der Waals surface area contributed by atoms with Gasteiger partial charge in [0.15, 0.2) is 0 Å². The molecule has 0 heterocycles. The average Bonchev–Trinajstić information content (AvgIpc) is 1.84. The Balaban J connectivity index is 3.94. The smallest absolute Gasteiger partial charge is 0.0546 e. The maximum Gasteiger partial charge on any atom is 0.0546 e. The second-order valence-corrected chi connectivity index (χ2v) is 3.64. The predicted octanol–water partition coefficient (Wildman–Crippen LogP) is 2.73. The zero-order valence-corrected chi connectivity index (χ0v) is 7.86. The molecule has 0 atom stereocenters. The molecule has 0 spiro atoms. The van der Waals surface area contributed by atoms with Gasteiger partial charge in [0.05, 0.1) is 11.4 Å². The van der Waals surface area contributed by atoms with E-state index in [-0.39, 0.29) is 5.92 Å². The molecule has 0 fully saturated rings. The highest BCUT2D eigenvalue weighted by Gasteiger charge is 2.10. The molecule has 0 aromatic rings. The molecule has 0 aromatic carbocycles. The number of hydrogen-bond acceptors (Lipinski definition) is 2. The molecule has 0 amide bonds. The SMILES string of the molecule is CC(C)CC(=N)C(=N)C(C)C. The summed E-state index contributed by atoms with van der Waals surface area (Å²) in [5.41, 5.74) is 0.980. The monoisotopic (exact) mass is 154 g/mol. The van der Waals surface area contributed by atoms with Gasteiger partial charge in [-0.05, 0) is 18.3 Å². The van der Waals surface area contributed by atoms with E-state index in [1.165, 1.54) is 0 Å². The van der Waals surface area contributed by atoms with Crippen LogP contribution in [0, 0.1) is 22.7 Å². The van der Waals surface area contributed by atoms with E-state index in [4.69, 9.17) is 10.8 Å². The molecule has 2 nitrogen and oxygen atoms in total. The van der Waals surface area contributed by atoms with Crippen molar-refractivity contribution in [1.82, 2.24) is 0 Å². The van der Waals surface area contributed by atoms with Gasteiger partial charge in [-0.3, -0.25) is 0 Å². The van der Waals surface area contributed by atoms with Crippen LogP contribution in [0.1, 0.15) is 34.1 Å². The Labute approximate surface area is 69.0 Å². The minimum atomic E-state index is 0.196. The summed E-state index contributed by atoms with van der Waals surface area (Å²) in [6.45, 7) is 8.05. The van der Waals surface area contributed by atoms with Crippen LogP contribution < -0.4 is 0 Å². The first-order valence-electron chi connectivity index (χ1n) is 4.11. The highest BCUT2D eigenvalue weighted by Crippen LogP contribution is 2.05. The van der Waals surface area contributed by atoms with Crippen LogP contribution >= 0.6 is 0 Å². The normalized spacial score (nSPS) is 10.7. The number of hydrogen-bond donors (Lipinski definition) is 2. The summed E-state index contributed by atoms with van der Waals surface area (Å²) in [6.07, 6.45) is 0.733. The Bertz CT molecular complexity index is 157. The lowest BCUT2D eigenvalue weighted by Gasteiger charge is -2.10. The van der Waals surface area contributed by atoms with E-state index < -0.39 is 0 Å². The summed E-state index contributed by atoms with van der Waals surface area (Å²) in [4.78, 5) is 0. The van der Waals surface area contributed by atoms with E-state index >= 15 is 0 Å². The van der Waals surface area contributed by atoms with Gasteiger partial charge in [0.25, 0.3) is 0 Å². The zero-order valence-electron chi connectivity index (χ0n) is 7.86. The van der Waals surface area contributed by atoms with Crippen LogP contribution in [-0.4, -0.2) is 11.4 Å². The third-order valence-electron chi connectivity index (χ3n) is 1.51. The summed E-state index contributed by atoms with van der Waals surface area (Å²) in [7, 11) is 0. The number of nitrogens with one attached hydrogen (secondary N) is 2. The maximum atomic E-state index is 7.53. The molecule has 0 saturated carbocycles. The first-order valence-corrected chi connectivity index (χ1v) is 4.11. The van der Waals surface area contributed by atoms with Crippen LogP contribution in [0.4, 0.5) is 0 Å². The molecular formula is C9H18N2. The van der Waals surface area contributed by atoms with Crippen molar-refractivity contribution in [2.45, 2.75) is 34.1 Å². The van der Waals surface area contributed by atoms with Gasteiger partial charge in [0.2, 0.25) is 0 Å². The van der Waals surface area contributed by atoms with E-state index in [2.05, 4.69) is 13.8 Å². The molecule has 0 aliphatic heterocycles. The number of rotatable bonds is 4. The van der Waals surface area contributed by atoms with Crippen molar-refractivity contribution in [3.05, 3.63) is 0 Å².